The summed E-state index contributed by atoms with van der Waals surface area (Å²) in [5.74, 6) is -0.592. The molecule has 8 nitrogen and oxygen atoms in total. The average Bonchev–Trinajstić information content (AvgIpc) is 2.85. The molecule has 1 heterocycles. The van der Waals surface area contributed by atoms with Gasteiger partial charge in [0.2, 0.25) is 5.91 Å². The number of urea groups is 1. The van der Waals surface area contributed by atoms with E-state index in [1.54, 1.807) is 18.2 Å². The maximum atomic E-state index is 12.1. The second-order valence-corrected chi connectivity index (χ2v) is 6.40. The van der Waals surface area contributed by atoms with Gasteiger partial charge in [-0.15, -0.1) is 0 Å². The number of aromatic nitrogens is 1. The van der Waals surface area contributed by atoms with E-state index in [1.807, 2.05) is 27.7 Å². The number of ether oxygens (including phenoxy) is 1. The Morgan fingerprint density at radius 3 is 2.67 bits per heavy atom. The second-order valence-electron chi connectivity index (χ2n) is 6.40. The molecule has 2 rings (SSSR count). The molecule has 0 spiro atoms. The number of rotatable bonds is 5. The van der Waals surface area contributed by atoms with Gasteiger partial charge >= 0.3 is 12.1 Å². The first-order valence-corrected chi connectivity index (χ1v) is 7.61. The highest BCUT2D eigenvalue weighted by Gasteiger charge is 2.31. The first-order chi connectivity index (χ1) is 11.2. The topological polar surface area (TPSA) is 119 Å². The zero-order valence-electron chi connectivity index (χ0n) is 14.2. The standard InChI is InChI=1S/C16H22N4O4/c1-5-23-15-19-10-8-9(6-7-11(10)24-15)18-14(22)20-12(13(17)21)16(2,3)4/h6-8,12H,5H2,1-4H3,(H2,17,21)(H2,18,20,22)/t12-/m1/s1. The largest absolute Gasteiger partial charge is 0.450 e. The van der Waals surface area contributed by atoms with E-state index in [-0.39, 0.29) is 6.08 Å². The van der Waals surface area contributed by atoms with Crippen molar-refractivity contribution in [1.82, 2.24) is 10.3 Å². The molecule has 1 aromatic carbocycles. The van der Waals surface area contributed by atoms with E-state index in [1.165, 1.54) is 0 Å². The van der Waals surface area contributed by atoms with E-state index in [0.717, 1.165) is 0 Å². The summed E-state index contributed by atoms with van der Waals surface area (Å²) in [4.78, 5) is 27.8. The maximum Gasteiger partial charge on any atom is 0.394 e. The molecule has 0 bridgehead atoms. The summed E-state index contributed by atoms with van der Waals surface area (Å²) < 4.78 is 10.6. The normalized spacial score (nSPS) is 12.7. The van der Waals surface area contributed by atoms with Crippen molar-refractivity contribution in [3.8, 4) is 6.08 Å². The number of fused-ring (bicyclic) bond motifs is 1. The molecule has 1 atom stereocenters. The molecule has 24 heavy (non-hydrogen) atoms. The van der Waals surface area contributed by atoms with Gasteiger partial charge in [-0.05, 0) is 30.5 Å². The third kappa shape index (κ3) is 4.15. The van der Waals surface area contributed by atoms with Crippen LogP contribution in [0.15, 0.2) is 22.6 Å². The van der Waals surface area contributed by atoms with Crippen LogP contribution >= 0.6 is 0 Å². The highest BCUT2D eigenvalue weighted by Crippen LogP contribution is 2.24. The van der Waals surface area contributed by atoms with Crippen molar-refractivity contribution in [1.29, 1.82) is 0 Å². The van der Waals surface area contributed by atoms with E-state index < -0.39 is 23.4 Å². The molecule has 2 aromatic rings. The molecule has 0 unspecified atom stereocenters. The van der Waals surface area contributed by atoms with Gasteiger partial charge in [-0.3, -0.25) is 4.79 Å². The van der Waals surface area contributed by atoms with Gasteiger partial charge in [-0.2, -0.15) is 4.98 Å². The Hall–Kier alpha value is -2.77. The number of amides is 3. The third-order valence-corrected chi connectivity index (χ3v) is 3.32. The van der Waals surface area contributed by atoms with E-state index in [0.29, 0.717) is 23.4 Å². The van der Waals surface area contributed by atoms with Crippen LogP contribution in [0.4, 0.5) is 10.5 Å². The number of hydrogen-bond donors (Lipinski definition) is 3. The van der Waals surface area contributed by atoms with E-state index in [9.17, 15) is 9.59 Å². The number of hydrogen-bond acceptors (Lipinski definition) is 5. The number of anilines is 1. The minimum absolute atomic E-state index is 0.177. The number of nitrogens with two attached hydrogens (primary N) is 1. The summed E-state index contributed by atoms with van der Waals surface area (Å²) in [5, 5.41) is 5.24. The summed E-state index contributed by atoms with van der Waals surface area (Å²) in [5.41, 5.74) is 6.47. The number of benzene rings is 1. The Labute approximate surface area is 139 Å². The van der Waals surface area contributed by atoms with Crippen LogP contribution in [-0.2, 0) is 4.79 Å². The molecule has 0 saturated heterocycles. The number of carbonyl (C=O) groups is 2. The highest BCUT2D eigenvalue weighted by atomic mass is 16.6. The Balaban J connectivity index is 2.10. The van der Waals surface area contributed by atoms with Crippen molar-refractivity contribution in [3.05, 3.63) is 18.2 Å². The number of nitrogens with one attached hydrogen (secondary N) is 2. The summed E-state index contributed by atoms with van der Waals surface area (Å²) in [7, 11) is 0. The lowest BCUT2D eigenvalue weighted by Gasteiger charge is -2.28. The minimum atomic E-state index is -0.794. The predicted molar refractivity (Wildman–Crippen MR) is 89.8 cm³/mol. The molecule has 130 valence electrons. The van der Waals surface area contributed by atoms with E-state index >= 15 is 0 Å². The van der Waals surface area contributed by atoms with Gasteiger partial charge in [-0.25, -0.2) is 4.79 Å². The van der Waals surface area contributed by atoms with Gasteiger partial charge in [0, 0.05) is 5.69 Å². The number of nitrogens with zero attached hydrogens (tertiary/aromatic N) is 1. The lowest BCUT2D eigenvalue weighted by molar-refractivity contribution is -0.122. The quantitative estimate of drug-likeness (QED) is 0.774. The van der Waals surface area contributed by atoms with Crippen LogP contribution in [0.1, 0.15) is 27.7 Å². The van der Waals surface area contributed by atoms with Crippen molar-refractivity contribution < 1.29 is 18.7 Å². The second kappa shape index (κ2) is 6.77. The summed E-state index contributed by atoms with van der Waals surface area (Å²) in [6.45, 7) is 7.73. The molecule has 0 fully saturated rings. The van der Waals surface area contributed by atoms with Crippen molar-refractivity contribution in [2.75, 3.05) is 11.9 Å². The van der Waals surface area contributed by atoms with Gasteiger partial charge in [0.15, 0.2) is 5.58 Å². The van der Waals surface area contributed by atoms with Crippen molar-refractivity contribution in [3.63, 3.8) is 0 Å². The Kier molecular flexibility index (Phi) is 4.96. The maximum absolute atomic E-state index is 12.1. The fourth-order valence-corrected chi connectivity index (χ4v) is 2.18. The smallest absolute Gasteiger partial charge is 0.394 e. The Morgan fingerprint density at radius 2 is 2.08 bits per heavy atom. The molecule has 1 aromatic heterocycles. The third-order valence-electron chi connectivity index (χ3n) is 3.32. The zero-order chi connectivity index (χ0) is 17.9. The fraction of sp³-hybridized carbons (Fsp3) is 0.438. The average molecular weight is 334 g/mol. The summed E-state index contributed by atoms with van der Waals surface area (Å²) in [6, 6.07) is 3.67. The molecule has 3 amide bonds. The van der Waals surface area contributed by atoms with Gasteiger partial charge < -0.3 is 25.5 Å². The monoisotopic (exact) mass is 334 g/mol. The van der Waals surface area contributed by atoms with Crippen molar-refractivity contribution >= 4 is 28.7 Å². The Bertz CT molecular complexity index is 748. The fourth-order valence-electron chi connectivity index (χ4n) is 2.18. The van der Waals surface area contributed by atoms with Crippen LogP contribution in [-0.4, -0.2) is 29.6 Å². The van der Waals surface area contributed by atoms with E-state index in [2.05, 4.69) is 15.6 Å². The molecular weight excluding hydrogens is 312 g/mol. The van der Waals surface area contributed by atoms with Crippen molar-refractivity contribution in [2.24, 2.45) is 11.1 Å². The van der Waals surface area contributed by atoms with Crippen LogP contribution < -0.4 is 21.1 Å². The van der Waals surface area contributed by atoms with Gasteiger partial charge in [0.25, 0.3) is 0 Å². The van der Waals surface area contributed by atoms with Crippen LogP contribution in [0.2, 0.25) is 0 Å². The Morgan fingerprint density at radius 1 is 1.38 bits per heavy atom. The van der Waals surface area contributed by atoms with Crippen LogP contribution in [0.5, 0.6) is 6.08 Å². The van der Waals surface area contributed by atoms with Crippen LogP contribution in [0, 0.1) is 5.41 Å². The lowest BCUT2D eigenvalue weighted by Crippen LogP contribution is -2.53. The van der Waals surface area contributed by atoms with E-state index in [4.69, 9.17) is 14.9 Å². The predicted octanol–water partition coefficient (Wildman–Crippen LogP) is 2.25. The number of primary amides is 1. The van der Waals surface area contributed by atoms with Gasteiger partial charge in [0.05, 0.1) is 6.61 Å². The molecule has 0 radical (unpaired) electrons. The molecule has 0 aliphatic rings. The highest BCUT2D eigenvalue weighted by molar-refractivity contribution is 5.95. The first kappa shape index (κ1) is 17.6. The summed E-state index contributed by atoms with van der Waals surface area (Å²) >= 11 is 0. The molecule has 0 aliphatic carbocycles. The lowest BCUT2D eigenvalue weighted by atomic mass is 9.86. The number of oxazole rings is 1. The number of carbonyl (C=O) groups excluding carboxylic acids is 2. The van der Waals surface area contributed by atoms with Crippen LogP contribution in [0.3, 0.4) is 0 Å². The van der Waals surface area contributed by atoms with Crippen molar-refractivity contribution in [2.45, 2.75) is 33.7 Å². The molecule has 8 heteroatoms. The SMILES string of the molecule is CCOc1nc2cc(NC(=O)N[C@H](C(N)=O)C(C)(C)C)ccc2o1. The molecule has 4 N–H and O–H groups in total. The minimum Gasteiger partial charge on any atom is -0.450 e. The zero-order valence-corrected chi connectivity index (χ0v) is 14.2. The van der Waals surface area contributed by atoms with Gasteiger partial charge in [-0.1, -0.05) is 20.8 Å². The summed E-state index contributed by atoms with van der Waals surface area (Å²) in [6.07, 6.45) is 0.177. The molecule has 0 saturated carbocycles. The molecular formula is C16H22N4O4. The van der Waals surface area contributed by atoms with Gasteiger partial charge in [0.1, 0.15) is 11.6 Å². The first-order valence-electron chi connectivity index (χ1n) is 7.61. The molecule has 0 aliphatic heterocycles. The van der Waals surface area contributed by atoms with Crippen LogP contribution in [0.25, 0.3) is 11.1 Å².